The topological polar surface area (TPSA) is 21.3 Å². The summed E-state index contributed by atoms with van der Waals surface area (Å²) in [5.74, 6) is 0.798. The van der Waals surface area contributed by atoms with E-state index >= 15 is 0 Å². The number of hydrogen-bond acceptors (Lipinski definition) is 2. The van der Waals surface area contributed by atoms with Crippen molar-refractivity contribution in [3.8, 4) is 5.75 Å². The predicted molar refractivity (Wildman–Crippen MR) is 102 cm³/mol. The zero-order chi connectivity index (χ0) is 16.6. The zero-order valence-electron chi connectivity index (χ0n) is 13.3. The van der Waals surface area contributed by atoms with Gasteiger partial charge in [0.1, 0.15) is 17.3 Å². The van der Waals surface area contributed by atoms with Gasteiger partial charge in [0.2, 0.25) is 0 Å². The van der Waals surface area contributed by atoms with E-state index in [-0.39, 0.29) is 0 Å². The monoisotopic (exact) mass is 333 g/mol. The second-order valence-electron chi connectivity index (χ2n) is 5.44. The predicted octanol–water partition coefficient (Wildman–Crippen LogP) is 4.73. The highest BCUT2D eigenvalue weighted by molar-refractivity contribution is 7.80. The van der Waals surface area contributed by atoms with Crippen LogP contribution in [0.4, 0.5) is 0 Å². The summed E-state index contributed by atoms with van der Waals surface area (Å²) in [6.45, 7) is 1.23. The van der Waals surface area contributed by atoms with Crippen LogP contribution in [0.5, 0.6) is 5.75 Å². The number of rotatable bonds is 6. The van der Waals surface area contributed by atoms with Crippen LogP contribution in [0.15, 0.2) is 84.9 Å². The first-order valence-electron chi connectivity index (χ1n) is 7.91. The Morgan fingerprint density at radius 1 is 0.750 bits per heavy atom. The van der Waals surface area contributed by atoms with Gasteiger partial charge in [-0.2, -0.15) is 0 Å². The Balaban J connectivity index is 1.65. The molecule has 0 atom stereocenters. The van der Waals surface area contributed by atoms with E-state index < -0.39 is 0 Å². The Kier molecular flexibility index (Phi) is 5.59. The lowest BCUT2D eigenvalue weighted by atomic mass is 10.1. The lowest BCUT2D eigenvalue weighted by molar-refractivity contribution is 0.305. The summed E-state index contributed by atoms with van der Waals surface area (Å²) in [6.07, 6.45) is 0. The van der Waals surface area contributed by atoms with Crippen LogP contribution in [-0.2, 0) is 13.2 Å². The fourth-order valence-corrected chi connectivity index (χ4v) is 2.63. The SMILES string of the molecule is S=C(NCc1ccccc1)c1ccccc1OCc1ccccc1. The van der Waals surface area contributed by atoms with Crippen LogP contribution in [0.1, 0.15) is 16.7 Å². The van der Waals surface area contributed by atoms with Gasteiger partial charge >= 0.3 is 0 Å². The number of ether oxygens (including phenoxy) is 1. The summed E-state index contributed by atoms with van der Waals surface area (Å²) in [5, 5.41) is 3.31. The van der Waals surface area contributed by atoms with Crippen LogP contribution in [0.2, 0.25) is 0 Å². The summed E-state index contributed by atoms with van der Waals surface area (Å²) in [5.41, 5.74) is 3.25. The Morgan fingerprint density at radius 3 is 2.04 bits per heavy atom. The van der Waals surface area contributed by atoms with E-state index in [1.165, 1.54) is 5.56 Å². The van der Waals surface area contributed by atoms with Crippen LogP contribution < -0.4 is 10.1 Å². The minimum Gasteiger partial charge on any atom is -0.488 e. The summed E-state index contributed by atoms with van der Waals surface area (Å²) in [7, 11) is 0. The first-order chi connectivity index (χ1) is 11.8. The maximum absolute atomic E-state index is 5.97. The molecule has 0 radical (unpaired) electrons. The molecule has 0 saturated carbocycles. The Bertz CT molecular complexity index is 787. The van der Waals surface area contributed by atoms with Crippen LogP contribution in [0.3, 0.4) is 0 Å². The van der Waals surface area contributed by atoms with E-state index in [0.717, 1.165) is 16.9 Å². The minimum absolute atomic E-state index is 0.527. The third kappa shape index (κ3) is 4.43. The Hall–Kier alpha value is -2.65. The fourth-order valence-electron chi connectivity index (χ4n) is 2.39. The van der Waals surface area contributed by atoms with Gasteiger partial charge in [0.05, 0.1) is 5.56 Å². The van der Waals surface area contributed by atoms with Crippen LogP contribution >= 0.6 is 12.2 Å². The minimum atomic E-state index is 0.527. The molecule has 0 fully saturated rings. The van der Waals surface area contributed by atoms with E-state index in [1.807, 2.05) is 60.7 Å². The molecule has 0 bridgehead atoms. The molecule has 0 aliphatic heterocycles. The van der Waals surface area contributed by atoms with Crippen molar-refractivity contribution in [2.45, 2.75) is 13.2 Å². The van der Waals surface area contributed by atoms with Gasteiger partial charge in [-0.3, -0.25) is 0 Å². The lowest BCUT2D eigenvalue weighted by Crippen LogP contribution is -2.22. The standard InChI is InChI=1S/C21H19NOS/c24-21(22-15-17-9-3-1-4-10-17)19-13-7-8-14-20(19)23-16-18-11-5-2-6-12-18/h1-14H,15-16H2,(H,22,24). The van der Waals surface area contributed by atoms with E-state index in [1.54, 1.807) is 0 Å². The molecule has 24 heavy (non-hydrogen) atoms. The second-order valence-corrected chi connectivity index (χ2v) is 5.85. The van der Waals surface area contributed by atoms with Crippen LogP contribution in [0.25, 0.3) is 0 Å². The average Bonchev–Trinajstić information content (AvgIpc) is 2.66. The molecule has 0 aliphatic carbocycles. The van der Waals surface area contributed by atoms with Crippen molar-refractivity contribution >= 4 is 17.2 Å². The van der Waals surface area contributed by atoms with Crippen molar-refractivity contribution < 1.29 is 4.74 Å². The molecule has 120 valence electrons. The first kappa shape index (κ1) is 16.2. The number of para-hydroxylation sites is 1. The molecular weight excluding hydrogens is 314 g/mol. The van der Waals surface area contributed by atoms with Crippen LogP contribution in [-0.4, -0.2) is 4.99 Å². The normalized spacial score (nSPS) is 10.2. The molecule has 1 N–H and O–H groups in total. The van der Waals surface area contributed by atoms with E-state index in [4.69, 9.17) is 17.0 Å². The molecule has 0 unspecified atom stereocenters. The maximum atomic E-state index is 5.97. The van der Waals surface area contributed by atoms with Crippen molar-refractivity contribution in [1.29, 1.82) is 0 Å². The van der Waals surface area contributed by atoms with Gasteiger partial charge in [0.25, 0.3) is 0 Å². The third-order valence-electron chi connectivity index (χ3n) is 3.66. The maximum Gasteiger partial charge on any atom is 0.129 e. The molecule has 0 aromatic heterocycles. The fraction of sp³-hybridized carbons (Fsp3) is 0.0952. The van der Waals surface area contributed by atoms with Crippen molar-refractivity contribution in [2.24, 2.45) is 0 Å². The quantitative estimate of drug-likeness (QED) is 0.659. The molecule has 3 aromatic carbocycles. The summed E-state index contributed by atoms with van der Waals surface area (Å²) in [6, 6.07) is 28.2. The van der Waals surface area contributed by atoms with Gasteiger partial charge in [-0.1, -0.05) is 85.0 Å². The molecule has 0 saturated heterocycles. The summed E-state index contributed by atoms with van der Waals surface area (Å²) >= 11 is 5.55. The van der Waals surface area contributed by atoms with Gasteiger partial charge < -0.3 is 10.1 Å². The van der Waals surface area contributed by atoms with Gasteiger partial charge in [-0.25, -0.2) is 0 Å². The van der Waals surface area contributed by atoms with E-state index in [0.29, 0.717) is 18.1 Å². The molecular formula is C21H19NOS. The number of nitrogens with one attached hydrogen (secondary N) is 1. The number of benzene rings is 3. The highest BCUT2D eigenvalue weighted by Gasteiger charge is 2.08. The van der Waals surface area contributed by atoms with Crippen LogP contribution in [0, 0.1) is 0 Å². The molecule has 0 spiro atoms. The van der Waals surface area contributed by atoms with Crippen molar-refractivity contribution in [3.63, 3.8) is 0 Å². The molecule has 0 amide bonds. The largest absolute Gasteiger partial charge is 0.488 e. The smallest absolute Gasteiger partial charge is 0.129 e. The van der Waals surface area contributed by atoms with E-state index in [9.17, 15) is 0 Å². The highest BCUT2D eigenvalue weighted by Crippen LogP contribution is 2.20. The first-order valence-corrected chi connectivity index (χ1v) is 8.31. The zero-order valence-corrected chi connectivity index (χ0v) is 14.1. The van der Waals surface area contributed by atoms with Gasteiger partial charge in [-0.05, 0) is 23.3 Å². The molecule has 0 heterocycles. The summed E-state index contributed by atoms with van der Waals surface area (Å²) < 4.78 is 5.97. The van der Waals surface area contributed by atoms with Gasteiger partial charge in [-0.15, -0.1) is 0 Å². The lowest BCUT2D eigenvalue weighted by Gasteiger charge is -2.14. The Labute approximate surface area is 148 Å². The van der Waals surface area contributed by atoms with Crippen molar-refractivity contribution in [2.75, 3.05) is 0 Å². The summed E-state index contributed by atoms with van der Waals surface area (Å²) in [4.78, 5) is 0.697. The molecule has 3 heteroatoms. The van der Waals surface area contributed by atoms with Crippen molar-refractivity contribution in [1.82, 2.24) is 5.32 Å². The third-order valence-corrected chi connectivity index (χ3v) is 4.03. The van der Waals surface area contributed by atoms with Crippen molar-refractivity contribution in [3.05, 3.63) is 102 Å². The molecule has 0 aliphatic rings. The second kappa shape index (κ2) is 8.27. The Morgan fingerprint density at radius 2 is 1.33 bits per heavy atom. The average molecular weight is 333 g/mol. The van der Waals surface area contributed by atoms with Gasteiger partial charge in [0.15, 0.2) is 0 Å². The number of thiocarbonyl (C=S) groups is 1. The number of hydrogen-bond donors (Lipinski definition) is 1. The highest BCUT2D eigenvalue weighted by atomic mass is 32.1. The molecule has 3 rings (SSSR count). The van der Waals surface area contributed by atoms with Gasteiger partial charge in [0, 0.05) is 6.54 Å². The van der Waals surface area contributed by atoms with E-state index in [2.05, 4.69) is 29.6 Å². The molecule has 2 nitrogen and oxygen atoms in total. The molecule has 3 aromatic rings.